The fourth-order valence-electron chi connectivity index (χ4n) is 2.24. The smallest absolute Gasteiger partial charge is 0.0986 e. The van der Waals surface area contributed by atoms with E-state index in [9.17, 15) is 5.11 Å². The molecule has 3 aromatic rings. The first kappa shape index (κ1) is 13.9. The van der Waals surface area contributed by atoms with Gasteiger partial charge in [0.15, 0.2) is 0 Å². The molecule has 1 N–H and O–H groups in total. The number of nitrogens with zero attached hydrogens (tertiary/aromatic N) is 2. The van der Waals surface area contributed by atoms with E-state index in [0.29, 0.717) is 11.6 Å². The molecule has 3 rings (SSSR count). The van der Waals surface area contributed by atoms with E-state index in [2.05, 4.69) is 5.10 Å². The summed E-state index contributed by atoms with van der Waals surface area (Å²) >= 11 is 5.94. The van der Waals surface area contributed by atoms with E-state index in [4.69, 9.17) is 11.6 Å². The summed E-state index contributed by atoms with van der Waals surface area (Å²) in [6.45, 7) is 0.396. The van der Waals surface area contributed by atoms with Crippen LogP contribution in [0.25, 0.3) is 11.1 Å². The van der Waals surface area contributed by atoms with Crippen molar-refractivity contribution in [2.45, 2.75) is 12.6 Å². The van der Waals surface area contributed by atoms with Gasteiger partial charge in [-0.05, 0) is 23.3 Å². The van der Waals surface area contributed by atoms with Crippen LogP contribution in [-0.4, -0.2) is 14.9 Å². The van der Waals surface area contributed by atoms with Gasteiger partial charge >= 0.3 is 0 Å². The summed E-state index contributed by atoms with van der Waals surface area (Å²) in [6.07, 6.45) is 3.11. The van der Waals surface area contributed by atoms with Crippen molar-refractivity contribution in [3.8, 4) is 11.1 Å². The first-order chi connectivity index (χ1) is 10.2. The summed E-state index contributed by atoms with van der Waals surface area (Å²) in [5.41, 5.74) is 2.94. The van der Waals surface area contributed by atoms with Crippen molar-refractivity contribution in [1.82, 2.24) is 9.78 Å². The van der Waals surface area contributed by atoms with E-state index < -0.39 is 6.10 Å². The maximum absolute atomic E-state index is 10.3. The fourth-order valence-corrected chi connectivity index (χ4v) is 2.44. The zero-order chi connectivity index (χ0) is 14.7. The van der Waals surface area contributed by atoms with Gasteiger partial charge < -0.3 is 5.11 Å². The van der Waals surface area contributed by atoms with Crippen molar-refractivity contribution in [3.63, 3.8) is 0 Å². The van der Waals surface area contributed by atoms with E-state index in [0.717, 1.165) is 16.7 Å². The molecule has 0 saturated heterocycles. The van der Waals surface area contributed by atoms with Crippen LogP contribution in [-0.2, 0) is 6.54 Å². The molecule has 0 bridgehead atoms. The summed E-state index contributed by atoms with van der Waals surface area (Å²) in [4.78, 5) is 0. The minimum Gasteiger partial charge on any atom is -0.386 e. The summed E-state index contributed by atoms with van der Waals surface area (Å²) in [5, 5.41) is 15.2. The molecule has 0 aliphatic heterocycles. The molecule has 1 heterocycles. The molecular weight excluding hydrogens is 284 g/mol. The van der Waals surface area contributed by atoms with Crippen LogP contribution in [0.2, 0.25) is 5.02 Å². The number of aromatic nitrogens is 2. The lowest BCUT2D eigenvalue weighted by atomic mass is 10.1. The highest BCUT2D eigenvalue weighted by Crippen LogP contribution is 2.21. The second-order valence-electron chi connectivity index (χ2n) is 4.89. The lowest BCUT2D eigenvalue weighted by molar-refractivity contribution is 0.151. The molecule has 0 amide bonds. The largest absolute Gasteiger partial charge is 0.386 e. The van der Waals surface area contributed by atoms with Gasteiger partial charge in [-0.15, -0.1) is 0 Å². The van der Waals surface area contributed by atoms with Crippen molar-refractivity contribution in [2.75, 3.05) is 0 Å². The highest BCUT2D eigenvalue weighted by Gasteiger charge is 2.10. The van der Waals surface area contributed by atoms with Crippen LogP contribution in [0.4, 0.5) is 0 Å². The van der Waals surface area contributed by atoms with E-state index >= 15 is 0 Å². The van der Waals surface area contributed by atoms with Crippen LogP contribution < -0.4 is 0 Å². The second kappa shape index (κ2) is 6.12. The first-order valence-electron chi connectivity index (χ1n) is 6.74. The van der Waals surface area contributed by atoms with Crippen LogP contribution in [0.1, 0.15) is 11.7 Å². The normalized spacial score (nSPS) is 12.3. The standard InChI is InChI=1S/C17H15ClN2O/c18-16-8-4-7-14(9-16)17(21)12-20-11-15(10-19-20)13-5-2-1-3-6-13/h1-11,17,21H,12H2. The Bertz CT molecular complexity index is 724. The molecule has 0 spiro atoms. The summed E-state index contributed by atoms with van der Waals surface area (Å²) in [7, 11) is 0. The average molecular weight is 299 g/mol. The Balaban J connectivity index is 1.75. The van der Waals surface area contributed by atoms with Gasteiger partial charge in [-0.2, -0.15) is 5.10 Å². The van der Waals surface area contributed by atoms with Crippen molar-refractivity contribution >= 4 is 11.6 Å². The van der Waals surface area contributed by atoms with E-state index in [1.165, 1.54) is 0 Å². The summed E-state index contributed by atoms with van der Waals surface area (Å²) in [6, 6.07) is 17.3. The number of halogens is 1. The fraction of sp³-hybridized carbons (Fsp3) is 0.118. The van der Waals surface area contributed by atoms with Crippen LogP contribution in [0.15, 0.2) is 67.0 Å². The lowest BCUT2D eigenvalue weighted by Gasteiger charge is -2.11. The molecule has 0 fully saturated rings. The van der Waals surface area contributed by atoms with Gasteiger partial charge in [0, 0.05) is 16.8 Å². The first-order valence-corrected chi connectivity index (χ1v) is 7.11. The molecule has 0 saturated carbocycles. The topological polar surface area (TPSA) is 38.0 Å². The number of aliphatic hydroxyl groups is 1. The van der Waals surface area contributed by atoms with E-state index in [1.807, 2.05) is 48.7 Å². The molecule has 0 radical (unpaired) electrons. The Morgan fingerprint density at radius 2 is 1.86 bits per heavy atom. The third-order valence-corrected chi connectivity index (χ3v) is 3.57. The minimum atomic E-state index is -0.632. The molecule has 1 aromatic heterocycles. The van der Waals surface area contributed by atoms with E-state index in [-0.39, 0.29) is 0 Å². The number of rotatable bonds is 4. The number of aliphatic hydroxyl groups excluding tert-OH is 1. The molecule has 4 heteroatoms. The molecule has 1 atom stereocenters. The Kier molecular flexibility index (Phi) is 4.04. The summed E-state index contributed by atoms with van der Waals surface area (Å²) < 4.78 is 1.74. The Labute approximate surface area is 128 Å². The van der Waals surface area contributed by atoms with Crippen molar-refractivity contribution in [3.05, 3.63) is 77.6 Å². The highest BCUT2D eigenvalue weighted by atomic mass is 35.5. The second-order valence-corrected chi connectivity index (χ2v) is 5.32. The van der Waals surface area contributed by atoms with Gasteiger partial charge in [0.25, 0.3) is 0 Å². The Morgan fingerprint density at radius 1 is 1.05 bits per heavy atom. The number of hydrogen-bond donors (Lipinski definition) is 1. The maximum atomic E-state index is 10.3. The Hall–Kier alpha value is -2.10. The molecule has 3 nitrogen and oxygen atoms in total. The van der Waals surface area contributed by atoms with Crippen molar-refractivity contribution in [1.29, 1.82) is 0 Å². The molecule has 21 heavy (non-hydrogen) atoms. The van der Waals surface area contributed by atoms with Crippen molar-refractivity contribution in [2.24, 2.45) is 0 Å². The zero-order valence-electron chi connectivity index (χ0n) is 11.4. The van der Waals surface area contributed by atoms with Gasteiger partial charge in [-0.25, -0.2) is 0 Å². The van der Waals surface area contributed by atoms with Crippen LogP contribution >= 0.6 is 11.6 Å². The monoisotopic (exact) mass is 298 g/mol. The third kappa shape index (κ3) is 3.32. The maximum Gasteiger partial charge on any atom is 0.0986 e. The van der Waals surface area contributed by atoms with Crippen LogP contribution in [0.5, 0.6) is 0 Å². The zero-order valence-corrected chi connectivity index (χ0v) is 12.1. The minimum absolute atomic E-state index is 0.396. The van der Waals surface area contributed by atoms with Gasteiger partial charge in [-0.3, -0.25) is 4.68 Å². The van der Waals surface area contributed by atoms with Gasteiger partial charge in [-0.1, -0.05) is 54.1 Å². The van der Waals surface area contributed by atoms with Gasteiger partial charge in [0.2, 0.25) is 0 Å². The Morgan fingerprint density at radius 3 is 2.62 bits per heavy atom. The van der Waals surface area contributed by atoms with Crippen LogP contribution in [0.3, 0.4) is 0 Å². The number of benzene rings is 2. The molecule has 106 valence electrons. The average Bonchev–Trinajstić information content (AvgIpc) is 2.97. The van der Waals surface area contributed by atoms with Crippen molar-refractivity contribution < 1.29 is 5.11 Å². The molecule has 0 aliphatic carbocycles. The molecule has 0 aliphatic rings. The molecule has 2 aromatic carbocycles. The molecular formula is C17H15ClN2O. The SMILES string of the molecule is OC(Cn1cc(-c2ccccc2)cn1)c1cccc(Cl)c1. The number of hydrogen-bond acceptors (Lipinski definition) is 2. The lowest BCUT2D eigenvalue weighted by Crippen LogP contribution is -2.08. The van der Waals surface area contributed by atoms with Gasteiger partial charge in [0.05, 0.1) is 18.8 Å². The predicted octanol–water partition coefficient (Wildman–Crippen LogP) is 3.94. The highest BCUT2D eigenvalue weighted by molar-refractivity contribution is 6.30. The summed E-state index contributed by atoms with van der Waals surface area (Å²) in [5.74, 6) is 0. The third-order valence-electron chi connectivity index (χ3n) is 3.33. The predicted molar refractivity (Wildman–Crippen MR) is 84.1 cm³/mol. The quantitative estimate of drug-likeness (QED) is 0.792. The van der Waals surface area contributed by atoms with E-state index in [1.54, 1.807) is 23.0 Å². The van der Waals surface area contributed by atoms with Gasteiger partial charge in [0.1, 0.15) is 0 Å². The van der Waals surface area contributed by atoms with Crippen LogP contribution in [0, 0.1) is 0 Å². The molecule has 1 unspecified atom stereocenters.